The van der Waals surface area contributed by atoms with Gasteiger partial charge in [-0.2, -0.15) is 0 Å². The summed E-state index contributed by atoms with van der Waals surface area (Å²) in [6.07, 6.45) is 7.16. The molecule has 0 aliphatic heterocycles. The minimum Gasteiger partial charge on any atom is -0.465 e. The molecule has 1 aliphatic carbocycles. The molecule has 116 valence electrons. The van der Waals surface area contributed by atoms with Gasteiger partial charge in [-0.05, 0) is 44.4 Å². The summed E-state index contributed by atoms with van der Waals surface area (Å²) in [7, 11) is 0. The molecule has 0 aromatic rings. The molecule has 0 spiro atoms. The Morgan fingerprint density at radius 3 is 1.90 bits per heavy atom. The molecule has 1 saturated carbocycles. The van der Waals surface area contributed by atoms with Crippen LogP contribution < -0.4 is 0 Å². The van der Waals surface area contributed by atoms with Crippen molar-refractivity contribution in [2.24, 2.45) is 10.8 Å². The number of ether oxygens (including phenoxy) is 1. The molecule has 0 amide bonds. The van der Waals surface area contributed by atoms with E-state index in [1.165, 1.54) is 0 Å². The van der Waals surface area contributed by atoms with Crippen LogP contribution in [0.2, 0.25) is 0 Å². The molecule has 20 heavy (non-hydrogen) atoms. The third-order valence-corrected chi connectivity index (χ3v) is 4.59. The number of rotatable bonds is 9. The molecule has 1 fully saturated rings. The summed E-state index contributed by atoms with van der Waals surface area (Å²) < 4.78 is 5.21. The second kappa shape index (κ2) is 7.24. The van der Waals surface area contributed by atoms with Crippen molar-refractivity contribution in [3.63, 3.8) is 0 Å². The van der Waals surface area contributed by atoms with Gasteiger partial charge in [0.25, 0.3) is 0 Å². The quantitative estimate of drug-likeness (QED) is 0.468. The Bertz CT molecular complexity index is 312. The first-order valence-corrected chi connectivity index (χ1v) is 8.20. The molecule has 0 unspecified atom stereocenters. The van der Waals surface area contributed by atoms with Gasteiger partial charge in [-0.1, -0.05) is 33.6 Å². The zero-order valence-electron chi connectivity index (χ0n) is 13.6. The van der Waals surface area contributed by atoms with Gasteiger partial charge < -0.3 is 4.74 Å². The van der Waals surface area contributed by atoms with Gasteiger partial charge in [0.2, 0.25) is 0 Å². The average molecular weight is 282 g/mol. The molecule has 0 heterocycles. The number of ketones is 1. The number of hydrogen-bond acceptors (Lipinski definition) is 3. The molecule has 0 aromatic carbocycles. The topological polar surface area (TPSA) is 43.4 Å². The van der Waals surface area contributed by atoms with E-state index in [0.29, 0.717) is 25.9 Å². The van der Waals surface area contributed by atoms with E-state index in [2.05, 4.69) is 13.8 Å². The molecular weight excluding hydrogens is 252 g/mol. The van der Waals surface area contributed by atoms with Gasteiger partial charge in [-0.3, -0.25) is 9.59 Å². The lowest BCUT2D eigenvalue weighted by Gasteiger charge is -2.54. The highest BCUT2D eigenvalue weighted by molar-refractivity contribution is 6.05. The summed E-state index contributed by atoms with van der Waals surface area (Å²) >= 11 is 0. The zero-order valence-corrected chi connectivity index (χ0v) is 13.6. The third-order valence-electron chi connectivity index (χ3n) is 4.59. The zero-order chi connectivity index (χ0) is 15.2. The van der Waals surface area contributed by atoms with E-state index >= 15 is 0 Å². The Kier molecular flexibility index (Phi) is 6.22. The van der Waals surface area contributed by atoms with E-state index in [9.17, 15) is 9.59 Å². The van der Waals surface area contributed by atoms with Crippen LogP contribution in [0.5, 0.6) is 0 Å². The van der Waals surface area contributed by atoms with Crippen LogP contribution in [-0.2, 0) is 14.3 Å². The van der Waals surface area contributed by atoms with Gasteiger partial charge in [0.1, 0.15) is 11.2 Å². The Labute approximate surface area is 123 Å². The minimum atomic E-state index is -0.823. The lowest BCUT2D eigenvalue weighted by molar-refractivity contribution is -0.179. The summed E-state index contributed by atoms with van der Waals surface area (Å²) in [5.74, 6) is -0.178. The van der Waals surface area contributed by atoms with Crippen molar-refractivity contribution in [1.29, 1.82) is 0 Å². The second-order valence-electron chi connectivity index (χ2n) is 6.33. The standard InChI is InChI=1S/C17H30O3/c1-5-9-14(18)17(15(19)20-8-4)12-16(13-17,10-6-2)11-7-3/h5-13H2,1-4H3. The van der Waals surface area contributed by atoms with Crippen LogP contribution in [0.4, 0.5) is 0 Å². The minimum absolute atomic E-state index is 0.0984. The van der Waals surface area contributed by atoms with E-state index in [-0.39, 0.29) is 17.2 Å². The van der Waals surface area contributed by atoms with E-state index < -0.39 is 5.41 Å². The molecule has 3 heteroatoms. The number of carbonyl (C=O) groups excluding carboxylic acids is 2. The van der Waals surface area contributed by atoms with Crippen LogP contribution in [0.25, 0.3) is 0 Å². The summed E-state index contributed by atoms with van der Waals surface area (Å²) in [5, 5.41) is 0. The molecule has 0 atom stereocenters. The number of esters is 1. The van der Waals surface area contributed by atoms with Gasteiger partial charge >= 0.3 is 5.97 Å². The predicted molar refractivity (Wildman–Crippen MR) is 80.5 cm³/mol. The van der Waals surface area contributed by atoms with E-state index in [0.717, 1.165) is 32.1 Å². The van der Waals surface area contributed by atoms with Crippen molar-refractivity contribution < 1.29 is 14.3 Å². The molecule has 0 aromatic heterocycles. The summed E-state index contributed by atoms with van der Waals surface area (Å²) in [6, 6.07) is 0. The first-order valence-electron chi connectivity index (χ1n) is 8.20. The summed E-state index contributed by atoms with van der Waals surface area (Å²) in [4.78, 5) is 24.8. The van der Waals surface area contributed by atoms with Gasteiger partial charge in [-0.25, -0.2) is 0 Å². The lowest BCUT2D eigenvalue weighted by atomic mass is 9.48. The summed E-state index contributed by atoms with van der Waals surface area (Å²) in [5.41, 5.74) is -0.629. The average Bonchev–Trinajstić information content (AvgIpc) is 2.35. The maximum Gasteiger partial charge on any atom is 0.319 e. The fourth-order valence-electron chi connectivity index (χ4n) is 3.96. The molecular formula is C17H30O3. The van der Waals surface area contributed by atoms with Crippen LogP contribution in [-0.4, -0.2) is 18.4 Å². The van der Waals surface area contributed by atoms with Gasteiger partial charge in [-0.15, -0.1) is 0 Å². The number of carbonyl (C=O) groups is 2. The number of hydrogen-bond donors (Lipinski definition) is 0. The van der Waals surface area contributed by atoms with Crippen LogP contribution in [0, 0.1) is 10.8 Å². The maximum absolute atomic E-state index is 12.5. The SMILES string of the molecule is CCCC(=O)C1(C(=O)OCC)CC(CCC)(CCC)C1. The van der Waals surface area contributed by atoms with E-state index in [1.54, 1.807) is 6.92 Å². The van der Waals surface area contributed by atoms with Gasteiger partial charge in [0, 0.05) is 6.42 Å². The van der Waals surface area contributed by atoms with Crippen molar-refractivity contribution >= 4 is 11.8 Å². The van der Waals surface area contributed by atoms with E-state index in [1.807, 2.05) is 6.92 Å². The van der Waals surface area contributed by atoms with E-state index in [4.69, 9.17) is 4.74 Å². The van der Waals surface area contributed by atoms with Crippen LogP contribution in [0.3, 0.4) is 0 Å². The molecule has 1 aliphatic rings. The normalized spacial score (nSPS) is 19.2. The van der Waals surface area contributed by atoms with Crippen molar-refractivity contribution in [3.8, 4) is 0 Å². The van der Waals surface area contributed by atoms with Crippen LogP contribution in [0.15, 0.2) is 0 Å². The first-order chi connectivity index (χ1) is 9.50. The van der Waals surface area contributed by atoms with Crippen molar-refractivity contribution in [3.05, 3.63) is 0 Å². The molecule has 0 saturated heterocycles. The Morgan fingerprint density at radius 2 is 1.50 bits per heavy atom. The fourth-order valence-corrected chi connectivity index (χ4v) is 3.96. The van der Waals surface area contributed by atoms with Gasteiger partial charge in [0.15, 0.2) is 0 Å². The smallest absolute Gasteiger partial charge is 0.319 e. The van der Waals surface area contributed by atoms with Gasteiger partial charge in [0.05, 0.1) is 6.61 Å². The van der Waals surface area contributed by atoms with Crippen molar-refractivity contribution in [2.45, 2.75) is 79.1 Å². The highest BCUT2D eigenvalue weighted by atomic mass is 16.5. The Balaban J connectivity index is 2.89. The molecule has 0 bridgehead atoms. The molecule has 0 N–H and O–H groups in total. The Hall–Kier alpha value is -0.860. The molecule has 0 radical (unpaired) electrons. The molecule has 3 nitrogen and oxygen atoms in total. The van der Waals surface area contributed by atoms with Crippen LogP contribution in [0.1, 0.15) is 79.1 Å². The largest absolute Gasteiger partial charge is 0.465 e. The van der Waals surface area contributed by atoms with Crippen molar-refractivity contribution in [2.75, 3.05) is 6.61 Å². The first kappa shape index (κ1) is 17.2. The second-order valence-corrected chi connectivity index (χ2v) is 6.33. The lowest BCUT2D eigenvalue weighted by Crippen LogP contribution is -2.56. The number of Topliss-reactive ketones (excluding diaryl/α,β-unsaturated/α-hetero) is 1. The Morgan fingerprint density at radius 1 is 0.950 bits per heavy atom. The molecule has 1 rings (SSSR count). The highest BCUT2D eigenvalue weighted by Crippen LogP contribution is 2.60. The van der Waals surface area contributed by atoms with Crippen molar-refractivity contribution in [1.82, 2.24) is 0 Å². The fraction of sp³-hybridized carbons (Fsp3) is 0.882. The van der Waals surface area contributed by atoms with Crippen LogP contribution >= 0.6 is 0 Å². The highest BCUT2D eigenvalue weighted by Gasteiger charge is 2.62. The summed E-state index contributed by atoms with van der Waals surface area (Å²) in [6.45, 7) is 8.50. The third kappa shape index (κ3) is 3.24. The maximum atomic E-state index is 12.5. The predicted octanol–water partition coefficient (Wildman–Crippen LogP) is 4.29. The monoisotopic (exact) mass is 282 g/mol.